The monoisotopic (exact) mass is 332 g/mol. The van der Waals surface area contributed by atoms with Crippen molar-refractivity contribution in [1.29, 1.82) is 0 Å². The summed E-state index contributed by atoms with van der Waals surface area (Å²) in [4.78, 5) is 14.8. The molecule has 0 spiro atoms. The zero-order valence-corrected chi connectivity index (χ0v) is 14.4. The van der Waals surface area contributed by atoms with Crippen molar-refractivity contribution in [2.45, 2.75) is 37.8 Å². The first-order valence-electron chi connectivity index (χ1n) is 8.95. The van der Waals surface area contributed by atoms with E-state index in [0.717, 1.165) is 13.0 Å². The quantitative estimate of drug-likeness (QED) is 0.794. The van der Waals surface area contributed by atoms with Crippen molar-refractivity contribution in [3.8, 4) is 0 Å². The zero-order valence-electron chi connectivity index (χ0n) is 14.4. The Morgan fingerprint density at radius 1 is 1.42 bits per heavy atom. The Morgan fingerprint density at radius 3 is 2.92 bits per heavy atom. The van der Waals surface area contributed by atoms with Gasteiger partial charge in [0.05, 0.1) is 25.3 Å². The lowest BCUT2D eigenvalue weighted by Crippen LogP contribution is -2.48. The summed E-state index contributed by atoms with van der Waals surface area (Å²) in [6.45, 7) is 1.71. The van der Waals surface area contributed by atoms with Gasteiger partial charge in [-0.05, 0) is 36.3 Å². The fourth-order valence-corrected chi connectivity index (χ4v) is 3.84. The standard InChI is InChI=1S/C19H28N2O3/c1-24-13-16(22)11-20-12-18(23)21-10-9-14-5-2-3-8-17(14)19(21)15-6-4-7-15/h2-3,5,8,15-16,19-20,22H,4,6-7,9-13H2,1H3/t16-,19?/m0/s1. The van der Waals surface area contributed by atoms with E-state index in [2.05, 4.69) is 34.5 Å². The molecule has 0 radical (unpaired) electrons. The van der Waals surface area contributed by atoms with E-state index in [-0.39, 0.29) is 25.1 Å². The average Bonchev–Trinajstić information content (AvgIpc) is 2.53. The van der Waals surface area contributed by atoms with Gasteiger partial charge >= 0.3 is 0 Å². The van der Waals surface area contributed by atoms with Gasteiger partial charge in [-0.25, -0.2) is 0 Å². The smallest absolute Gasteiger partial charge is 0.237 e. The van der Waals surface area contributed by atoms with Gasteiger partial charge in [-0.15, -0.1) is 0 Å². The molecule has 5 heteroatoms. The Morgan fingerprint density at radius 2 is 2.21 bits per heavy atom. The van der Waals surface area contributed by atoms with Crippen LogP contribution in [-0.2, 0) is 16.0 Å². The number of hydrogen-bond acceptors (Lipinski definition) is 4. The molecule has 0 bridgehead atoms. The number of aliphatic hydroxyl groups is 1. The number of benzene rings is 1. The number of nitrogens with zero attached hydrogens (tertiary/aromatic N) is 1. The van der Waals surface area contributed by atoms with Crippen molar-refractivity contribution >= 4 is 5.91 Å². The number of rotatable bonds is 7. The topological polar surface area (TPSA) is 61.8 Å². The van der Waals surface area contributed by atoms with Crippen LogP contribution in [0.2, 0.25) is 0 Å². The molecule has 1 aliphatic carbocycles. The summed E-state index contributed by atoms with van der Waals surface area (Å²) < 4.78 is 4.90. The summed E-state index contributed by atoms with van der Waals surface area (Å²) in [5, 5.41) is 12.7. The first-order chi connectivity index (χ1) is 11.7. The minimum absolute atomic E-state index is 0.131. The lowest BCUT2D eigenvalue weighted by atomic mass is 9.74. The number of hydrogen-bond donors (Lipinski definition) is 2. The summed E-state index contributed by atoms with van der Waals surface area (Å²) in [7, 11) is 1.56. The number of fused-ring (bicyclic) bond motifs is 1. The molecule has 0 saturated heterocycles. The first-order valence-corrected chi connectivity index (χ1v) is 8.95. The SMILES string of the molecule is COC[C@@H](O)CNCC(=O)N1CCc2ccccc2C1C1CCC1. The summed E-state index contributed by atoms with van der Waals surface area (Å²) >= 11 is 0. The van der Waals surface area contributed by atoms with Gasteiger partial charge in [-0.1, -0.05) is 30.7 Å². The zero-order chi connectivity index (χ0) is 16.9. The number of nitrogens with one attached hydrogen (secondary N) is 1. The van der Waals surface area contributed by atoms with Crippen LogP contribution in [0.25, 0.3) is 0 Å². The Hall–Kier alpha value is -1.43. The molecule has 2 aliphatic rings. The molecule has 1 fully saturated rings. The summed E-state index contributed by atoms with van der Waals surface area (Å²) in [5.41, 5.74) is 2.73. The van der Waals surface area contributed by atoms with Crippen LogP contribution < -0.4 is 5.32 Å². The van der Waals surface area contributed by atoms with Gasteiger partial charge in [0.25, 0.3) is 0 Å². The number of methoxy groups -OCH3 is 1. The second-order valence-corrected chi connectivity index (χ2v) is 6.91. The van der Waals surface area contributed by atoms with Crippen molar-refractivity contribution < 1.29 is 14.6 Å². The Labute approximate surface area is 144 Å². The molecule has 2 N–H and O–H groups in total. The van der Waals surface area contributed by atoms with Gasteiger partial charge in [-0.3, -0.25) is 4.79 Å². The highest BCUT2D eigenvalue weighted by molar-refractivity contribution is 5.79. The van der Waals surface area contributed by atoms with E-state index in [1.165, 1.54) is 30.4 Å². The number of amides is 1. The Balaban J connectivity index is 1.64. The van der Waals surface area contributed by atoms with Crippen molar-refractivity contribution in [3.05, 3.63) is 35.4 Å². The molecule has 24 heavy (non-hydrogen) atoms. The van der Waals surface area contributed by atoms with Crippen molar-refractivity contribution in [3.63, 3.8) is 0 Å². The van der Waals surface area contributed by atoms with E-state index in [9.17, 15) is 9.90 Å². The molecule has 1 amide bonds. The maximum absolute atomic E-state index is 12.8. The van der Waals surface area contributed by atoms with Crippen LogP contribution >= 0.6 is 0 Å². The molecule has 0 aromatic heterocycles. The van der Waals surface area contributed by atoms with E-state index < -0.39 is 6.10 Å². The highest BCUT2D eigenvalue weighted by Gasteiger charge is 2.38. The minimum Gasteiger partial charge on any atom is -0.389 e. The second-order valence-electron chi connectivity index (χ2n) is 6.91. The van der Waals surface area contributed by atoms with Crippen molar-refractivity contribution in [2.24, 2.45) is 5.92 Å². The first kappa shape index (κ1) is 17.4. The van der Waals surface area contributed by atoms with Crippen molar-refractivity contribution in [2.75, 3.05) is 33.4 Å². The minimum atomic E-state index is -0.577. The molecule has 1 heterocycles. The van der Waals surface area contributed by atoms with Crippen LogP contribution in [0.5, 0.6) is 0 Å². The van der Waals surface area contributed by atoms with Crippen LogP contribution in [0.3, 0.4) is 0 Å². The largest absolute Gasteiger partial charge is 0.389 e. The van der Waals surface area contributed by atoms with E-state index in [1.54, 1.807) is 7.11 Å². The highest BCUT2D eigenvalue weighted by atomic mass is 16.5. The molecular weight excluding hydrogens is 304 g/mol. The van der Waals surface area contributed by atoms with Gasteiger partial charge in [-0.2, -0.15) is 0 Å². The molecule has 1 aromatic rings. The van der Waals surface area contributed by atoms with Crippen LogP contribution in [-0.4, -0.2) is 55.4 Å². The second kappa shape index (κ2) is 8.10. The lowest BCUT2D eigenvalue weighted by molar-refractivity contribution is -0.135. The summed E-state index contributed by atoms with van der Waals surface area (Å²) in [5.74, 6) is 0.723. The van der Waals surface area contributed by atoms with Crippen LogP contribution in [0, 0.1) is 5.92 Å². The van der Waals surface area contributed by atoms with E-state index in [0.29, 0.717) is 12.5 Å². The van der Waals surface area contributed by atoms with Gasteiger partial charge in [0.15, 0.2) is 0 Å². The lowest BCUT2D eigenvalue weighted by Gasteiger charge is -2.45. The molecule has 2 atom stereocenters. The third-order valence-corrected chi connectivity index (χ3v) is 5.26. The molecule has 1 aliphatic heterocycles. The Kier molecular flexibility index (Phi) is 5.87. The maximum Gasteiger partial charge on any atom is 0.237 e. The third kappa shape index (κ3) is 3.79. The van der Waals surface area contributed by atoms with Gasteiger partial charge in [0.2, 0.25) is 5.91 Å². The molecule has 5 nitrogen and oxygen atoms in total. The summed E-state index contributed by atoms with van der Waals surface area (Å²) in [6.07, 6.45) is 4.04. The van der Waals surface area contributed by atoms with E-state index in [4.69, 9.17) is 4.74 Å². The Bertz CT molecular complexity index is 559. The molecule has 1 saturated carbocycles. The molecule has 1 unspecified atom stereocenters. The highest BCUT2D eigenvalue weighted by Crippen LogP contribution is 2.44. The maximum atomic E-state index is 12.8. The fraction of sp³-hybridized carbons (Fsp3) is 0.632. The molecule has 1 aromatic carbocycles. The van der Waals surface area contributed by atoms with E-state index in [1.807, 2.05) is 0 Å². The number of carbonyl (C=O) groups is 1. The van der Waals surface area contributed by atoms with Crippen LogP contribution in [0.1, 0.15) is 36.4 Å². The van der Waals surface area contributed by atoms with Crippen LogP contribution in [0.4, 0.5) is 0 Å². The fourth-order valence-electron chi connectivity index (χ4n) is 3.84. The summed E-state index contributed by atoms with van der Waals surface area (Å²) in [6, 6.07) is 8.78. The van der Waals surface area contributed by atoms with Gasteiger partial charge in [0.1, 0.15) is 0 Å². The molecule has 3 rings (SSSR count). The normalized spacial score (nSPS) is 21.9. The molecule has 132 valence electrons. The van der Waals surface area contributed by atoms with Crippen molar-refractivity contribution in [1.82, 2.24) is 10.2 Å². The van der Waals surface area contributed by atoms with Gasteiger partial charge in [0, 0.05) is 20.2 Å². The number of carbonyl (C=O) groups excluding carboxylic acids is 1. The predicted molar refractivity (Wildman–Crippen MR) is 92.7 cm³/mol. The van der Waals surface area contributed by atoms with Gasteiger partial charge < -0.3 is 20.1 Å². The van der Waals surface area contributed by atoms with Crippen LogP contribution in [0.15, 0.2) is 24.3 Å². The number of ether oxygens (including phenoxy) is 1. The average molecular weight is 332 g/mol. The molecular formula is C19H28N2O3. The van der Waals surface area contributed by atoms with E-state index >= 15 is 0 Å². The number of aliphatic hydroxyl groups excluding tert-OH is 1. The third-order valence-electron chi connectivity index (χ3n) is 5.26. The predicted octanol–water partition coefficient (Wildman–Crippen LogP) is 1.51.